The highest BCUT2D eigenvalue weighted by atomic mass is 19.1. The number of likely N-dealkylation sites (N-methyl/N-ethyl adjacent to an activating group) is 1. The van der Waals surface area contributed by atoms with Crippen LogP contribution in [0.4, 0.5) is 14.5 Å². The van der Waals surface area contributed by atoms with Gasteiger partial charge in [0, 0.05) is 25.7 Å². The second kappa shape index (κ2) is 5.13. The first kappa shape index (κ1) is 13.7. The molecular formula is C13H17F2N3O. The van der Waals surface area contributed by atoms with Crippen molar-refractivity contribution in [2.45, 2.75) is 13.0 Å². The Hall–Kier alpha value is -1.69. The normalized spacial score (nSPS) is 20.6. The van der Waals surface area contributed by atoms with Crippen LogP contribution in [-0.4, -0.2) is 48.4 Å². The molecule has 19 heavy (non-hydrogen) atoms. The van der Waals surface area contributed by atoms with Crippen LogP contribution in [0, 0.1) is 11.6 Å². The summed E-state index contributed by atoms with van der Waals surface area (Å²) in [5.74, 6) is -2.06. The minimum Gasteiger partial charge on any atom is -0.396 e. The zero-order valence-electron chi connectivity index (χ0n) is 11.0. The van der Waals surface area contributed by atoms with Crippen molar-refractivity contribution in [3.63, 3.8) is 0 Å². The van der Waals surface area contributed by atoms with E-state index in [0.717, 1.165) is 12.1 Å². The third kappa shape index (κ3) is 2.68. The predicted molar refractivity (Wildman–Crippen MR) is 68.8 cm³/mol. The molecule has 1 aromatic carbocycles. The lowest BCUT2D eigenvalue weighted by molar-refractivity contribution is 0.0528. The van der Waals surface area contributed by atoms with Crippen LogP contribution in [0.2, 0.25) is 0 Å². The maximum absolute atomic E-state index is 13.8. The first-order valence-electron chi connectivity index (χ1n) is 6.14. The van der Waals surface area contributed by atoms with Gasteiger partial charge in [-0.2, -0.15) is 0 Å². The van der Waals surface area contributed by atoms with Gasteiger partial charge in [0.05, 0.1) is 11.3 Å². The summed E-state index contributed by atoms with van der Waals surface area (Å²) in [6, 6.07) is 1.73. The molecule has 0 aliphatic carbocycles. The van der Waals surface area contributed by atoms with Crippen LogP contribution in [0.25, 0.3) is 0 Å². The molecule has 0 radical (unpaired) electrons. The van der Waals surface area contributed by atoms with E-state index in [0.29, 0.717) is 19.6 Å². The lowest BCUT2D eigenvalue weighted by Gasteiger charge is -2.38. The van der Waals surface area contributed by atoms with Crippen molar-refractivity contribution in [1.29, 1.82) is 0 Å². The van der Waals surface area contributed by atoms with Crippen LogP contribution in [0.5, 0.6) is 0 Å². The highest BCUT2D eigenvalue weighted by Gasteiger charge is 2.29. The molecule has 0 bridgehead atoms. The standard InChI is InChI=1S/C13H17F2N3O/c1-8-7-17(2)3-4-18(8)13(19)10-5-9(14)6-11(16)12(10)15/h5-6,8H,3-4,7,16H2,1-2H3. The number of carbonyl (C=O) groups excluding carboxylic acids is 1. The number of amides is 1. The first-order chi connectivity index (χ1) is 8.90. The quantitative estimate of drug-likeness (QED) is 0.782. The number of piperazine rings is 1. The van der Waals surface area contributed by atoms with Gasteiger partial charge in [0.25, 0.3) is 5.91 Å². The van der Waals surface area contributed by atoms with Crippen LogP contribution < -0.4 is 5.73 Å². The predicted octanol–water partition coefficient (Wildman–Crippen LogP) is 1.32. The summed E-state index contributed by atoms with van der Waals surface area (Å²) in [6.45, 7) is 3.79. The lowest BCUT2D eigenvalue weighted by Crippen LogP contribution is -2.52. The highest BCUT2D eigenvalue weighted by molar-refractivity contribution is 5.95. The van der Waals surface area contributed by atoms with Crippen molar-refractivity contribution in [3.05, 3.63) is 29.3 Å². The van der Waals surface area contributed by atoms with Gasteiger partial charge in [-0.25, -0.2) is 8.78 Å². The molecule has 2 rings (SSSR count). The number of benzene rings is 1. The van der Waals surface area contributed by atoms with E-state index in [-0.39, 0.29) is 17.3 Å². The van der Waals surface area contributed by atoms with Crippen LogP contribution in [0.1, 0.15) is 17.3 Å². The van der Waals surface area contributed by atoms with Crippen molar-refractivity contribution in [1.82, 2.24) is 9.80 Å². The van der Waals surface area contributed by atoms with E-state index in [9.17, 15) is 13.6 Å². The Balaban J connectivity index is 2.29. The number of halogens is 2. The van der Waals surface area contributed by atoms with Gasteiger partial charge < -0.3 is 15.5 Å². The summed E-state index contributed by atoms with van der Waals surface area (Å²) in [6.07, 6.45) is 0. The molecule has 1 unspecified atom stereocenters. The minimum atomic E-state index is -0.850. The Morgan fingerprint density at radius 2 is 2.05 bits per heavy atom. The Kier molecular flexibility index (Phi) is 3.71. The van der Waals surface area contributed by atoms with E-state index in [1.165, 1.54) is 0 Å². The van der Waals surface area contributed by atoms with Crippen molar-refractivity contribution >= 4 is 11.6 Å². The van der Waals surface area contributed by atoms with Crippen molar-refractivity contribution in [2.24, 2.45) is 0 Å². The molecule has 1 heterocycles. The molecule has 0 spiro atoms. The Morgan fingerprint density at radius 1 is 1.37 bits per heavy atom. The monoisotopic (exact) mass is 269 g/mol. The van der Waals surface area contributed by atoms with Gasteiger partial charge in [-0.15, -0.1) is 0 Å². The molecule has 104 valence electrons. The van der Waals surface area contributed by atoms with Crippen LogP contribution in [0.15, 0.2) is 12.1 Å². The first-order valence-corrected chi connectivity index (χ1v) is 6.14. The van der Waals surface area contributed by atoms with E-state index in [1.54, 1.807) is 4.90 Å². The summed E-state index contributed by atoms with van der Waals surface area (Å²) in [4.78, 5) is 15.9. The van der Waals surface area contributed by atoms with E-state index in [2.05, 4.69) is 4.90 Å². The highest BCUT2D eigenvalue weighted by Crippen LogP contribution is 2.21. The average molecular weight is 269 g/mol. The summed E-state index contributed by atoms with van der Waals surface area (Å²) in [5, 5.41) is 0. The largest absolute Gasteiger partial charge is 0.396 e. The lowest BCUT2D eigenvalue weighted by atomic mass is 10.1. The summed E-state index contributed by atoms with van der Waals surface area (Å²) < 4.78 is 27.1. The number of rotatable bonds is 1. The molecule has 1 atom stereocenters. The van der Waals surface area contributed by atoms with E-state index >= 15 is 0 Å². The van der Waals surface area contributed by atoms with Gasteiger partial charge >= 0.3 is 0 Å². The molecule has 1 fully saturated rings. The van der Waals surface area contributed by atoms with Gasteiger partial charge in [0.15, 0.2) is 5.82 Å². The van der Waals surface area contributed by atoms with Crippen LogP contribution in [0.3, 0.4) is 0 Å². The Labute approximate surface area is 110 Å². The molecule has 0 aromatic heterocycles. The summed E-state index contributed by atoms with van der Waals surface area (Å²) in [5.41, 5.74) is 4.71. The number of hydrogen-bond acceptors (Lipinski definition) is 3. The molecule has 1 aliphatic rings. The smallest absolute Gasteiger partial charge is 0.257 e. The van der Waals surface area contributed by atoms with Crippen molar-refractivity contribution < 1.29 is 13.6 Å². The summed E-state index contributed by atoms with van der Waals surface area (Å²) in [7, 11) is 1.96. The second-order valence-corrected chi connectivity index (χ2v) is 4.97. The SMILES string of the molecule is CC1CN(C)CCN1C(=O)c1cc(F)cc(N)c1F. The topological polar surface area (TPSA) is 49.6 Å². The number of carbonyl (C=O) groups is 1. The fourth-order valence-electron chi connectivity index (χ4n) is 2.36. The molecule has 4 nitrogen and oxygen atoms in total. The number of anilines is 1. The maximum Gasteiger partial charge on any atom is 0.257 e. The molecule has 1 saturated heterocycles. The molecule has 1 aromatic rings. The summed E-state index contributed by atoms with van der Waals surface area (Å²) >= 11 is 0. The number of hydrogen-bond donors (Lipinski definition) is 1. The number of nitrogens with two attached hydrogens (primary N) is 1. The zero-order valence-corrected chi connectivity index (χ0v) is 11.0. The average Bonchev–Trinajstić information content (AvgIpc) is 2.33. The van der Waals surface area contributed by atoms with Crippen LogP contribution in [-0.2, 0) is 0 Å². The van der Waals surface area contributed by atoms with Crippen molar-refractivity contribution in [2.75, 3.05) is 32.4 Å². The second-order valence-electron chi connectivity index (χ2n) is 4.97. The van der Waals surface area contributed by atoms with Crippen molar-refractivity contribution in [3.8, 4) is 0 Å². The molecule has 1 aliphatic heterocycles. The molecular weight excluding hydrogens is 252 g/mol. The third-order valence-electron chi connectivity index (χ3n) is 3.39. The van der Waals surface area contributed by atoms with Gasteiger partial charge in [-0.05, 0) is 26.1 Å². The molecule has 0 saturated carbocycles. The van der Waals surface area contributed by atoms with Gasteiger partial charge in [0.1, 0.15) is 5.82 Å². The fraction of sp³-hybridized carbons (Fsp3) is 0.462. The fourth-order valence-corrected chi connectivity index (χ4v) is 2.36. The maximum atomic E-state index is 13.8. The van der Waals surface area contributed by atoms with Gasteiger partial charge in [-0.3, -0.25) is 4.79 Å². The van der Waals surface area contributed by atoms with E-state index in [1.807, 2.05) is 14.0 Å². The van der Waals surface area contributed by atoms with E-state index in [4.69, 9.17) is 5.73 Å². The number of nitrogens with zero attached hydrogens (tertiary/aromatic N) is 2. The van der Waals surface area contributed by atoms with E-state index < -0.39 is 17.5 Å². The Morgan fingerprint density at radius 3 is 2.68 bits per heavy atom. The van der Waals surface area contributed by atoms with Gasteiger partial charge in [0.2, 0.25) is 0 Å². The van der Waals surface area contributed by atoms with Gasteiger partial charge in [-0.1, -0.05) is 0 Å². The molecule has 6 heteroatoms. The molecule has 2 N–H and O–H groups in total. The Bertz CT molecular complexity index is 507. The number of nitrogen functional groups attached to an aromatic ring is 1. The van der Waals surface area contributed by atoms with Crippen LogP contribution >= 0.6 is 0 Å². The zero-order chi connectivity index (χ0) is 14.2. The third-order valence-corrected chi connectivity index (χ3v) is 3.39. The molecule has 1 amide bonds. The minimum absolute atomic E-state index is 0.0462.